The lowest BCUT2D eigenvalue weighted by atomic mass is 10.2. The molecule has 0 bridgehead atoms. The Morgan fingerprint density at radius 2 is 2.09 bits per heavy atom. The molecule has 23 heavy (non-hydrogen) atoms. The van der Waals surface area contributed by atoms with Gasteiger partial charge in [-0.3, -0.25) is 10.1 Å². The standard InChI is InChI=1S/C15H16N6O2/c1-10-11(14(22)18-15-19-16-9-20(15)2)8-17-21(10)12-6-4-5-7-13(12)23-3/h4-9H,1-3H3,(H,18,19,22). The fourth-order valence-electron chi connectivity index (χ4n) is 2.25. The van der Waals surface area contributed by atoms with Crippen molar-refractivity contribution in [1.29, 1.82) is 0 Å². The van der Waals surface area contributed by atoms with E-state index in [0.717, 1.165) is 5.69 Å². The molecule has 0 spiro atoms. The molecule has 0 aliphatic carbocycles. The van der Waals surface area contributed by atoms with Gasteiger partial charge in [0.25, 0.3) is 5.91 Å². The van der Waals surface area contributed by atoms with Gasteiger partial charge in [0.05, 0.1) is 24.6 Å². The number of hydrogen-bond acceptors (Lipinski definition) is 5. The monoisotopic (exact) mass is 312 g/mol. The van der Waals surface area contributed by atoms with Crippen molar-refractivity contribution in [2.45, 2.75) is 6.92 Å². The number of hydrogen-bond donors (Lipinski definition) is 1. The van der Waals surface area contributed by atoms with Crippen LogP contribution in [0.4, 0.5) is 5.95 Å². The third kappa shape index (κ3) is 2.66. The number of nitrogens with one attached hydrogen (secondary N) is 1. The second kappa shape index (κ2) is 5.91. The second-order valence-corrected chi connectivity index (χ2v) is 4.95. The molecule has 8 nitrogen and oxygen atoms in total. The molecular formula is C15H16N6O2. The Hall–Kier alpha value is -3.16. The molecule has 1 N–H and O–H groups in total. The number of aryl methyl sites for hydroxylation is 1. The maximum Gasteiger partial charge on any atom is 0.261 e. The van der Waals surface area contributed by atoms with Crippen molar-refractivity contribution in [3.05, 3.63) is 48.0 Å². The van der Waals surface area contributed by atoms with Crippen molar-refractivity contribution in [2.75, 3.05) is 12.4 Å². The number of amides is 1. The minimum atomic E-state index is -0.292. The number of carbonyl (C=O) groups excluding carboxylic acids is 1. The number of para-hydroxylation sites is 2. The molecule has 1 aromatic carbocycles. The zero-order valence-corrected chi connectivity index (χ0v) is 13.0. The van der Waals surface area contributed by atoms with Gasteiger partial charge in [-0.2, -0.15) is 5.10 Å². The Balaban J connectivity index is 1.93. The number of aromatic nitrogens is 5. The largest absolute Gasteiger partial charge is 0.494 e. The molecule has 0 fully saturated rings. The Morgan fingerprint density at radius 1 is 1.30 bits per heavy atom. The van der Waals surface area contributed by atoms with Crippen LogP contribution in [0.15, 0.2) is 36.8 Å². The molecule has 0 unspecified atom stereocenters. The molecule has 0 atom stereocenters. The molecular weight excluding hydrogens is 296 g/mol. The molecule has 1 amide bonds. The number of anilines is 1. The zero-order chi connectivity index (χ0) is 16.4. The van der Waals surface area contributed by atoms with E-state index in [1.54, 1.807) is 23.4 Å². The summed E-state index contributed by atoms with van der Waals surface area (Å²) in [4.78, 5) is 12.4. The van der Waals surface area contributed by atoms with Crippen LogP contribution in [-0.4, -0.2) is 37.6 Å². The van der Waals surface area contributed by atoms with E-state index in [2.05, 4.69) is 20.6 Å². The van der Waals surface area contributed by atoms with Crippen molar-refractivity contribution in [1.82, 2.24) is 24.5 Å². The van der Waals surface area contributed by atoms with Gasteiger partial charge in [0.15, 0.2) is 0 Å². The van der Waals surface area contributed by atoms with Gasteiger partial charge in [0.2, 0.25) is 5.95 Å². The summed E-state index contributed by atoms with van der Waals surface area (Å²) in [5, 5.41) is 14.6. The van der Waals surface area contributed by atoms with Crippen LogP contribution in [0.5, 0.6) is 5.75 Å². The lowest BCUT2D eigenvalue weighted by Gasteiger charge is -2.10. The van der Waals surface area contributed by atoms with Gasteiger partial charge >= 0.3 is 0 Å². The van der Waals surface area contributed by atoms with Crippen molar-refractivity contribution < 1.29 is 9.53 Å². The number of benzene rings is 1. The third-order valence-electron chi connectivity index (χ3n) is 3.50. The first-order chi connectivity index (χ1) is 11.1. The highest BCUT2D eigenvalue weighted by atomic mass is 16.5. The first-order valence-corrected chi connectivity index (χ1v) is 6.95. The van der Waals surface area contributed by atoms with Crippen LogP contribution < -0.4 is 10.1 Å². The summed E-state index contributed by atoms with van der Waals surface area (Å²) in [7, 11) is 3.35. The Labute approximate surface area is 132 Å². The van der Waals surface area contributed by atoms with Gasteiger partial charge < -0.3 is 9.30 Å². The van der Waals surface area contributed by atoms with Gasteiger partial charge in [-0.15, -0.1) is 10.2 Å². The predicted molar refractivity (Wildman–Crippen MR) is 83.8 cm³/mol. The molecule has 3 aromatic rings. The number of nitrogens with zero attached hydrogens (tertiary/aromatic N) is 5. The SMILES string of the molecule is COc1ccccc1-n1ncc(C(=O)Nc2nncn2C)c1C. The van der Waals surface area contributed by atoms with Gasteiger partial charge in [0.1, 0.15) is 17.8 Å². The first-order valence-electron chi connectivity index (χ1n) is 6.95. The molecule has 0 aliphatic heterocycles. The highest BCUT2D eigenvalue weighted by Crippen LogP contribution is 2.24. The van der Waals surface area contributed by atoms with E-state index < -0.39 is 0 Å². The molecule has 118 valence electrons. The second-order valence-electron chi connectivity index (χ2n) is 4.95. The molecule has 2 aromatic heterocycles. The van der Waals surface area contributed by atoms with E-state index >= 15 is 0 Å². The zero-order valence-electron chi connectivity index (χ0n) is 13.0. The Bertz CT molecular complexity index is 851. The lowest BCUT2D eigenvalue weighted by molar-refractivity contribution is 0.102. The van der Waals surface area contributed by atoms with Crippen molar-refractivity contribution in [3.63, 3.8) is 0 Å². The molecule has 0 saturated heterocycles. The van der Waals surface area contributed by atoms with Crippen LogP contribution in [0.3, 0.4) is 0 Å². The van der Waals surface area contributed by atoms with Crippen LogP contribution in [0, 0.1) is 6.92 Å². The van der Waals surface area contributed by atoms with Gasteiger partial charge in [-0.05, 0) is 19.1 Å². The number of carbonyl (C=O) groups is 1. The Kier molecular flexibility index (Phi) is 3.80. The summed E-state index contributed by atoms with van der Waals surface area (Å²) in [6.45, 7) is 1.82. The Morgan fingerprint density at radius 3 is 2.78 bits per heavy atom. The maximum absolute atomic E-state index is 12.4. The van der Waals surface area contributed by atoms with E-state index in [4.69, 9.17) is 4.74 Å². The highest BCUT2D eigenvalue weighted by Gasteiger charge is 2.18. The molecule has 3 rings (SSSR count). The molecule has 0 radical (unpaired) electrons. The minimum Gasteiger partial charge on any atom is -0.494 e. The molecule has 2 heterocycles. The number of methoxy groups -OCH3 is 1. The maximum atomic E-state index is 12.4. The average Bonchev–Trinajstić information content (AvgIpc) is 3.13. The molecule has 0 aliphatic rings. The van der Waals surface area contributed by atoms with E-state index in [1.165, 1.54) is 12.5 Å². The summed E-state index contributed by atoms with van der Waals surface area (Å²) in [5.74, 6) is 0.762. The summed E-state index contributed by atoms with van der Waals surface area (Å²) in [5.41, 5.74) is 1.93. The third-order valence-corrected chi connectivity index (χ3v) is 3.50. The summed E-state index contributed by atoms with van der Waals surface area (Å²) >= 11 is 0. The van der Waals surface area contributed by atoms with E-state index in [1.807, 2.05) is 31.2 Å². The van der Waals surface area contributed by atoms with Crippen LogP contribution in [-0.2, 0) is 7.05 Å². The highest BCUT2D eigenvalue weighted by molar-refractivity contribution is 6.04. The number of rotatable bonds is 4. The van der Waals surface area contributed by atoms with Crippen LogP contribution in [0.25, 0.3) is 5.69 Å². The molecule has 0 saturated carbocycles. The lowest BCUT2D eigenvalue weighted by Crippen LogP contribution is -2.16. The fourth-order valence-corrected chi connectivity index (χ4v) is 2.25. The smallest absolute Gasteiger partial charge is 0.261 e. The normalized spacial score (nSPS) is 10.6. The fraction of sp³-hybridized carbons (Fsp3) is 0.200. The van der Waals surface area contributed by atoms with Crippen LogP contribution in [0.1, 0.15) is 16.1 Å². The van der Waals surface area contributed by atoms with Gasteiger partial charge in [-0.25, -0.2) is 4.68 Å². The average molecular weight is 312 g/mol. The van der Waals surface area contributed by atoms with E-state index in [0.29, 0.717) is 23.0 Å². The van der Waals surface area contributed by atoms with E-state index in [-0.39, 0.29) is 5.91 Å². The van der Waals surface area contributed by atoms with Gasteiger partial charge in [-0.1, -0.05) is 12.1 Å². The van der Waals surface area contributed by atoms with Crippen molar-refractivity contribution in [3.8, 4) is 11.4 Å². The topological polar surface area (TPSA) is 86.9 Å². The van der Waals surface area contributed by atoms with Crippen LogP contribution >= 0.6 is 0 Å². The van der Waals surface area contributed by atoms with E-state index in [9.17, 15) is 4.79 Å². The number of ether oxygens (including phenoxy) is 1. The predicted octanol–water partition coefficient (Wildman–Crippen LogP) is 1.57. The van der Waals surface area contributed by atoms with Crippen LogP contribution in [0.2, 0.25) is 0 Å². The van der Waals surface area contributed by atoms with Crippen molar-refractivity contribution in [2.24, 2.45) is 7.05 Å². The summed E-state index contributed by atoms with van der Waals surface area (Å²) in [6, 6.07) is 7.49. The molecule has 8 heteroatoms. The quantitative estimate of drug-likeness (QED) is 0.790. The summed E-state index contributed by atoms with van der Waals surface area (Å²) < 4.78 is 8.64. The van der Waals surface area contributed by atoms with Gasteiger partial charge in [0, 0.05) is 7.05 Å². The summed E-state index contributed by atoms with van der Waals surface area (Å²) in [6.07, 6.45) is 3.04. The first kappa shape index (κ1) is 14.8. The minimum absolute atomic E-state index is 0.292. The van der Waals surface area contributed by atoms with Crippen molar-refractivity contribution >= 4 is 11.9 Å².